The Hall–Kier alpha value is -1.10. The van der Waals surface area contributed by atoms with Crippen LogP contribution in [0.3, 0.4) is 0 Å². The number of nitrogens with one attached hydrogen (secondary N) is 3. The van der Waals surface area contributed by atoms with Gasteiger partial charge in [0.2, 0.25) is 0 Å². The van der Waals surface area contributed by atoms with Gasteiger partial charge in [0.1, 0.15) is 0 Å². The summed E-state index contributed by atoms with van der Waals surface area (Å²) in [6.45, 7) is 2.56. The maximum atomic E-state index is 11.1. The number of carbonyl (C=O) groups is 2. The molecule has 1 saturated heterocycles. The Balaban J connectivity index is 2.18. The van der Waals surface area contributed by atoms with Gasteiger partial charge in [-0.2, -0.15) is 0 Å². The summed E-state index contributed by atoms with van der Waals surface area (Å²) in [6, 6.07) is 0. The van der Waals surface area contributed by atoms with E-state index in [4.69, 9.17) is 0 Å². The molecule has 0 bridgehead atoms. The summed E-state index contributed by atoms with van der Waals surface area (Å²) >= 11 is 0. The molecule has 1 unspecified atom stereocenters. The van der Waals surface area contributed by atoms with Gasteiger partial charge in [-0.15, -0.1) is 0 Å². The molecule has 0 aliphatic carbocycles. The van der Waals surface area contributed by atoms with Crippen molar-refractivity contribution in [3.8, 4) is 0 Å². The summed E-state index contributed by atoms with van der Waals surface area (Å²) in [5.74, 6) is -0.663. The lowest BCUT2D eigenvalue weighted by atomic mass is 10.00. The summed E-state index contributed by atoms with van der Waals surface area (Å²) in [7, 11) is 1.45. The predicted octanol–water partition coefficient (Wildman–Crippen LogP) is -1.15. The highest BCUT2D eigenvalue weighted by molar-refractivity contribution is 6.34. The summed E-state index contributed by atoms with van der Waals surface area (Å²) in [5, 5.41) is 8.15. The molecule has 1 atom stereocenters. The van der Waals surface area contributed by atoms with Gasteiger partial charge in [0.15, 0.2) is 0 Å². The molecule has 5 nitrogen and oxygen atoms in total. The molecule has 5 heteroatoms. The molecule has 1 aliphatic rings. The van der Waals surface area contributed by atoms with Crippen LogP contribution in [0.1, 0.15) is 12.8 Å². The maximum absolute atomic E-state index is 11.1. The third-order valence-electron chi connectivity index (χ3n) is 2.38. The fourth-order valence-electron chi connectivity index (χ4n) is 1.53. The van der Waals surface area contributed by atoms with Crippen LogP contribution in [0.5, 0.6) is 0 Å². The molecule has 80 valence electrons. The number of hydrogen-bond donors (Lipinski definition) is 3. The molecular formula is C9H17N3O2. The van der Waals surface area contributed by atoms with Crippen molar-refractivity contribution in [2.24, 2.45) is 5.92 Å². The predicted molar refractivity (Wildman–Crippen MR) is 52.7 cm³/mol. The quantitative estimate of drug-likeness (QED) is 0.492. The zero-order chi connectivity index (χ0) is 10.4. The van der Waals surface area contributed by atoms with Gasteiger partial charge in [-0.3, -0.25) is 9.59 Å². The summed E-state index contributed by atoms with van der Waals surface area (Å²) in [6.07, 6.45) is 2.25. The second kappa shape index (κ2) is 5.59. The van der Waals surface area contributed by atoms with Crippen molar-refractivity contribution in [3.63, 3.8) is 0 Å². The topological polar surface area (TPSA) is 70.2 Å². The minimum absolute atomic E-state index is 0.456. The second-order valence-corrected chi connectivity index (χ2v) is 3.50. The highest BCUT2D eigenvalue weighted by atomic mass is 16.2. The van der Waals surface area contributed by atoms with Crippen LogP contribution in [-0.4, -0.2) is 38.5 Å². The fourth-order valence-corrected chi connectivity index (χ4v) is 1.53. The first-order valence-electron chi connectivity index (χ1n) is 4.94. The van der Waals surface area contributed by atoms with Crippen molar-refractivity contribution < 1.29 is 9.59 Å². The van der Waals surface area contributed by atoms with Gasteiger partial charge in [0, 0.05) is 13.6 Å². The molecule has 0 aromatic carbocycles. The lowest BCUT2D eigenvalue weighted by Crippen LogP contribution is -2.43. The van der Waals surface area contributed by atoms with E-state index in [1.165, 1.54) is 7.05 Å². The van der Waals surface area contributed by atoms with E-state index in [-0.39, 0.29) is 0 Å². The average Bonchev–Trinajstić information content (AvgIpc) is 2.26. The van der Waals surface area contributed by atoms with Gasteiger partial charge >= 0.3 is 11.8 Å². The van der Waals surface area contributed by atoms with Crippen molar-refractivity contribution in [1.82, 2.24) is 16.0 Å². The maximum Gasteiger partial charge on any atom is 0.309 e. The van der Waals surface area contributed by atoms with Crippen LogP contribution in [0, 0.1) is 5.92 Å². The molecule has 1 heterocycles. The van der Waals surface area contributed by atoms with E-state index in [1.54, 1.807) is 0 Å². The zero-order valence-electron chi connectivity index (χ0n) is 8.43. The number of piperidine rings is 1. The lowest BCUT2D eigenvalue weighted by Gasteiger charge is -2.22. The molecule has 1 fully saturated rings. The molecule has 0 aromatic heterocycles. The molecule has 0 saturated carbocycles. The minimum Gasteiger partial charge on any atom is -0.351 e. The Kier molecular flexibility index (Phi) is 4.39. The van der Waals surface area contributed by atoms with Gasteiger partial charge in [0.05, 0.1) is 0 Å². The van der Waals surface area contributed by atoms with Crippen LogP contribution in [0.4, 0.5) is 0 Å². The Bertz CT molecular complexity index is 212. The fraction of sp³-hybridized carbons (Fsp3) is 0.778. The molecule has 0 aromatic rings. The van der Waals surface area contributed by atoms with Crippen LogP contribution < -0.4 is 16.0 Å². The third kappa shape index (κ3) is 3.33. The van der Waals surface area contributed by atoms with Crippen LogP contribution in [0.15, 0.2) is 0 Å². The van der Waals surface area contributed by atoms with E-state index < -0.39 is 11.8 Å². The normalized spacial score (nSPS) is 21.4. The van der Waals surface area contributed by atoms with Gasteiger partial charge in [-0.05, 0) is 31.8 Å². The van der Waals surface area contributed by atoms with Gasteiger partial charge in [0.25, 0.3) is 0 Å². The van der Waals surface area contributed by atoms with E-state index >= 15 is 0 Å². The molecule has 3 N–H and O–H groups in total. The first-order chi connectivity index (χ1) is 6.74. The van der Waals surface area contributed by atoms with Crippen molar-refractivity contribution in [1.29, 1.82) is 0 Å². The van der Waals surface area contributed by atoms with Crippen LogP contribution >= 0.6 is 0 Å². The standard InChI is InChI=1S/C9H17N3O2/c1-10-8(13)9(14)12-6-7-3-2-4-11-5-7/h7,11H,2-6H2,1H3,(H,10,13)(H,12,14). The molecule has 2 amide bonds. The first-order valence-corrected chi connectivity index (χ1v) is 4.94. The molecule has 1 rings (SSSR count). The van der Waals surface area contributed by atoms with E-state index in [0.29, 0.717) is 12.5 Å². The van der Waals surface area contributed by atoms with Gasteiger partial charge in [-0.1, -0.05) is 0 Å². The van der Waals surface area contributed by atoms with Gasteiger partial charge in [-0.25, -0.2) is 0 Å². The van der Waals surface area contributed by atoms with Crippen LogP contribution in [0.25, 0.3) is 0 Å². The van der Waals surface area contributed by atoms with Crippen molar-refractivity contribution in [2.45, 2.75) is 12.8 Å². The van der Waals surface area contributed by atoms with E-state index in [1.807, 2.05) is 0 Å². The summed E-state index contributed by atoms with van der Waals surface area (Å²) < 4.78 is 0. The molecular weight excluding hydrogens is 182 g/mol. The van der Waals surface area contributed by atoms with Crippen molar-refractivity contribution in [3.05, 3.63) is 0 Å². The zero-order valence-corrected chi connectivity index (χ0v) is 8.43. The minimum atomic E-state index is -0.575. The number of rotatable bonds is 2. The highest BCUT2D eigenvalue weighted by Gasteiger charge is 2.16. The summed E-state index contributed by atoms with van der Waals surface area (Å²) in [5.41, 5.74) is 0. The monoisotopic (exact) mass is 199 g/mol. The number of carbonyl (C=O) groups excluding carboxylic acids is 2. The third-order valence-corrected chi connectivity index (χ3v) is 2.38. The largest absolute Gasteiger partial charge is 0.351 e. The second-order valence-electron chi connectivity index (χ2n) is 3.50. The molecule has 0 spiro atoms. The smallest absolute Gasteiger partial charge is 0.309 e. The number of likely N-dealkylation sites (N-methyl/N-ethyl adjacent to an activating group) is 1. The summed E-state index contributed by atoms with van der Waals surface area (Å²) in [4.78, 5) is 21.9. The Labute approximate surface area is 83.6 Å². The lowest BCUT2D eigenvalue weighted by molar-refractivity contribution is -0.139. The van der Waals surface area contributed by atoms with E-state index in [2.05, 4.69) is 16.0 Å². The van der Waals surface area contributed by atoms with Crippen molar-refractivity contribution in [2.75, 3.05) is 26.7 Å². The Morgan fingerprint density at radius 2 is 2.21 bits per heavy atom. The number of amides is 2. The molecule has 1 aliphatic heterocycles. The highest BCUT2D eigenvalue weighted by Crippen LogP contribution is 2.07. The van der Waals surface area contributed by atoms with Crippen molar-refractivity contribution >= 4 is 11.8 Å². The SMILES string of the molecule is CNC(=O)C(=O)NCC1CCCNC1. The van der Waals surface area contributed by atoms with E-state index in [9.17, 15) is 9.59 Å². The average molecular weight is 199 g/mol. The Morgan fingerprint density at radius 1 is 1.43 bits per heavy atom. The first kappa shape index (κ1) is 11.0. The Morgan fingerprint density at radius 3 is 2.79 bits per heavy atom. The molecule has 14 heavy (non-hydrogen) atoms. The number of hydrogen-bond acceptors (Lipinski definition) is 3. The van der Waals surface area contributed by atoms with Crippen LogP contribution in [-0.2, 0) is 9.59 Å². The van der Waals surface area contributed by atoms with E-state index in [0.717, 1.165) is 25.9 Å². The molecule has 0 radical (unpaired) electrons. The van der Waals surface area contributed by atoms with Gasteiger partial charge < -0.3 is 16.0 Å². The van der Waals surface area contributed by atoms with Crippen LogP contribution in [0.2, 0.25) is 0 Å².